The fourth-order valence-corrected chi connectivity index (χ4v) is 2.88. The van der Waals surface area contributed by atoms with Gasteiger partial charge in [-0.05, 0) is 45.0 Å². The van der Waals surface area contributed by atoms with Crippen LogP contribution in [0.4, 0.5) is 0 Å². The maximum atomic E-state index is 10.8. The van der Waals surface area contributed by atoms with Gasteiger partial charge in [-0.25, -0.2) is 0 Å². The van der Waals surface area contributed by atoms with E-state index in [-0.39, 0.29) is 0 Å². The molecule has 21 heavy (non-hydrogen) atoms. The monoisotopic (exact) mass is 320 g/mol. The number of carbonyl (C=O) groups is 1. The summed E-state index contributed by atoms with van der Waals surface area (Å²) in [6.45, 7) is 11.1. The summed E-state index contributed by atoms with van der Waals surface area (Å²) < 4.78 is 29.4. The summed E-state index contributed by atoms with van der Waals surface area (Å²) in [4.78, 5) is 13.3. The molecule has 0 spiro atoms. The van der Waals surface area contributed by atoms with E-state index in [1.807, 2.05) is 0 Å². The van der Waals surface area contributed by atoms with Gasteiger partial charge in [0, 0.05) is 6.04 Å². The highest BCUT2D eigenvalue weighted by atomic mass is 32.2. The molecule has 0 aliphatic carbocycles. The number of nitrogens with zero attached hydrogens (tertiary/aromatic N) is 1. The van der Waals surface area contributed by atoms with Crippen LogP contribution in [0.1, 0.15) is 39.5 Å². The molecular formula is C14H28N2O4S. The predicted molar refractivity (Wildman–Crippen MR) is 84.8 cm³/mol. The first kappa shape index (κ1) is 20.1. The lowest BCUT2D eigenvalue weighted by molar-refractivity contribution is -0.117. The van der Waals surface area contributed by atoms with Gasteiger partial charge in [0.2, 0.25) is 5.91 Å². The SMILES string of the molecule is C=CC(=O)NC(CC)CS(=O)(=O)O.CCN1CCCCC1. The standard InChI is InChI=1S/C7H13NO4S.C7H15N/c1-3-6(5-13(10,11)12)8-7(9)4-2;1-2-8-6-4-3-5-7-8/h4,6H,2-3,5H2,1H3,(H,8,9)(H,10,11,12);2-7H2,1H3. The minimum atomic E-state index is -4.04. The van der Waals surface area contributed by atoms with Gasteiger partial charge in [-0.3, -0.25) is 9.35 Å². The number of likely N-dealkylation sites (tertiary alicyclic amines) is 1. The summed E-state index contributed by atoms with van der Waals surface area (Å²) in [5.74, 6) is -0.918. The maximum absolute atomic E-state index is 10.8. The Kier molecular flexibility index (Phi) is 10.3. The van der Waals surface area contributed by atoms with Crippen LogP contribution in [-0.2, 0) is 14.9 Å². The van der Waals surface area contributed by atoms with Crippen molar-refractivity contribution in [2.75, 3.05) is 25.4 Å². The van der Waals surface area contributed by atoms with Gasteiger partial charge < -0.3 is 10.2 Å². The van der Waals surface area contributed by atoms with Gasteiger partial charge in [-0.15, -0.1) is 0 Å². The van der Waals surface area contributed by atoms with Crippen molar-refractivity contribution in [3.63, 3.8) is 0 Å². The van der Waals surface area contributed by atoms with Crippen LogP contribution in [0.3, 0.4) is 0 Å². The molecule has 124 valence electrons. The van der Waals surface area contributed by atoms with Gasteiger partial charge in [0.05, 0.1) is 5.75 Å². The number of carbonyl (C=O) groups excluding carboxylic acids is 1. The summed E-state index contributed by atoms with van der Waals surface area (Å²) in [6, 6.07) is -0.569. The van der Waals surface area contributed by atoms with Crippen LogP contribution >= 0.6 is 0 Å². The van der Waals surface area contributed by atoms with E-state index >= 15 is 0 Å². The number of piperidine rings is 1. The minimum Gasteiger partial charge on any atom is -0.349 e. The Morgan fingerprint density at radius 2 is 1.90 bits per heavy atom. The normalized spacial score (nSPS) is 17.3. The third kappa shape index (κ3) is 11.4. The Labute approximate surface area is 128 Å². The Morgan fingerprint density at radius 3 is 2.24 bits per heavy atom. The number of hydrogen-bond donors (Lipinski definition) is 2. The Bertz CT molecular complexity index is 403. The van der Waals surface area contributed by atoms with Crippen LogP contribution < -0.4 is 5.32 Å². The summed E-state index contributed by atoms with van der Waals surface area (Å²) >= 11 is 0. The molecule has 1 fully saturated rings. The van der Waals surface area contributed by atoms with Crippen LogP contribution in [0.5, 0.6) is 0 Å². The third-order valence-electron chi connectivity index (χ3n) is 3.33. The molecule has 0 saturated carbocycles. The molecule has 0 aromatic rings. The summed E-state index contributed by atoms with van der Waals surface area (Å²) in [7, 11) is -4.04. The van der Waals surface area contributed by atoms with Crippen LogP contribution in [0, 0.1) is 0 Å². The smallest absolute Gasteiger partial charge is 0.266 e. The Hall–Kier alpha value is -0.920. The molecule has 6 nitrogen and oxygen atoms in total. The fourth-order valence-electron chi connectivity index (χ4n) is 2.05. The van der Waals surface area contributed by atoms with Crippen LogP contribution in [0.15, 0.2) is 12.7 Å². The largest absolute Gasteiger partial charge is 0.349 e. The summed E-state index contributed by atoms with van der Waals surface area (Å²) in [5.41, 5.74) is 0. The second-order valence-corrected chi connectivity index (χ2v) is 6.56. The average Bonchev–Trinajstić information content (AvgIpc) is 2.46. The maximum Gasteiger partial charge on any atom is 0.266 e. The van der Waals surface area contributed by atoms with Crippen molar-refractivity contribution in [1.82, 2.24) is 10.2 Å². The molecule has 1 heterocycles. The summed E-state index contributed by atoms with van der Waals surface area (Å²) in [5, 5.41) is 2.38. The van der Waals surface area contributed by atoms with Gasteiger partial charge in [0.25, 0.3) is 10.1 Å². The molecule has 1 amide bonds. The van der Waals surface area contributed by atoms with Crippen molar-refractivity contribution >= 4 is 16.0 Å². The lowest BCUT2D eigenvalue weighted by Crippen LogP contribution is -2.38. The molecule has 0 bridgehead atoms. The zero-order valence-electron chi connectivity index (χ0n) is 13.0. The van der Waals surface area contributed by atoms with E-state index in [1.165, 1.54) is 38.9 Å². The number of amides is 1. The second kappa shape index (κ2) is 10.8. The molecule has 1 saturated heterocycles. The highest BCUT2D eigenvalue weighted by molar-refractivity contribution is 7.85. The number of nitrogens with one attached hydrogen (secondary N) is 1. The van der Waals surface area contributed by atoms with E-state index in [2.05, 4.69) is 23.7 Å². The van der Waals surface area contributed by atoms with Crippen molar-refractivity contribution < 1.29 is 17.8 Å². The molecule has 1 rings (SSSR count). The van der Waals surface area contributed by atoms with Gasteiger partial charge in [0.1, 0.15) is 0 Å². The second-order valence-electron chi connectivity index (χ2n) is 5.06. The Balaban J connectivity index is 0.000000423. The molecule has 2 N–H and O–H groups in total. The van der Waals surface area contributed by atoms with Crippen molar-refractivity contribution in [2.45, 2.75) is 45.6 Å². The zero-order chi connectivity index (χ0) is 16.3. The highest BCUT2D eigenvalue weighted by Gasteiger charge is 2.15. The molecule has 0 radical (unpaired) electrons. The molecule has 0 aromatic heterocycles. The van der Waals surface area contributed by atoms with E-state index in [1.54, 1.807) is 6.92 Å². The fraction of sp³-hybridized carbons (Fsp3) is 0.786. The van der Waals surface area contributed by atoms with Gasteiger partial charge in [-0.1, -0.05) is 26.8 Å². The minimum absolute atomic E-state index is 0.430. The predicted octanol–water partition coefficient (Wildman–Crippen LogP) is 1.45. The average molecular weight is 320 g/mol. The van der Waals surface area contributed by atoms with E-state index < -0.39 is 27.8 Å². The van der Waals surface area contributed by atoms with Crippen molar-refractivity contribution in [3.05, 3.63) is 12.7 Å². The molecule has 7 heteroatoms. The third-order valence-corrected chi connectivity index (χ3v) is 4.16. The van der Waals surface area contributed by atoms with Crippen LogP contribution in [0.2, 0.25) is 0 Å². The van der Waals surface area contributed by atoms with Crippen LogP contribution in [0.25, 0.3) is 0 Å². The lowest BCUT2D eigenvalue weighted by Gasteiger charge is -2.24. The first-order chi connectivity index (χ1) is 9.82. The van der Waals surface area contributed by atoms with Gasteiger partial charge in [-0.2, -0.15) is 8.42 Å². The Morgan fingerprint density at radius 1 is 1.33 bits per heavy atom. The topological polar surface area (TPSA) is 86.7 Å². The lowest BCUT2D eigenvalue weighted by atomic mass is 10.1. The van der Waals surface area contributed by atoms with Crippen molar-refractivity contribution in [3.8, 4) is 0 Å². The number of hydrogen-bond acceptors (Lipinski definition) is 4. The molecule has 1 unspecified atom stereocenters. The molecule has 1 atom stereocenters. The first-order valence-electron chi connectivity index (χ1n) is 7.42. The van der Waals surface area contributed by atoms with Crippen molar-refractivity contribution in [2.24, 2.45) is 0 Å². The van der Waals surface area contributed by atoms with Gasteiger partial charge >= 0.3 is 0 Å². The molecule has 1 aliphatic rings. The van der Waals surface area contributed by atoms with E-state index in [0.29, 0.717) is 6.42 Å². The summed E-state index contributed by atoms with van der Waals surface area (Å²) in [6.07, 6.45) is 5.78. The quantitative estimate of drug-likeness (QED) is 0.571. The molecule has 1 aliphatic heterocycles. The van der Waals surface area contributed by atoms with E-state index in [0.717, 1.165) is 6.08 Å². The first-order valence-corrected chi connectivity index (χ1v) is 9.03. The zero-order valence-corrected chi connectivity index (χ0v) is 13.9. The highest BCUT2D eigenvalue weighted by Crippen LogP contribution is 2.06. The van der Waals surface area contributed by atoms with E-state index in [4.69, 9.17) is 4.55 Å². The molecular weight excluding hydrogens is 292 g/mol. The number of rotatable bonds is 6. The van der Waals surface area contributed by atoms with Gasteiger partial charge in [0.15, 0.2) is 0 Å². The van der Waals surface area contributed by atoms with E-state index in [9.17, 15) is 13.2 Å². The molecule has 0 aromatic carbocycles. The van der Waals surface area contributed by atoms with Crippen LogP contribution in [-0.4, -0.2) is 55.2 Å². The van der Waals surface area contributed by atoms with Crippen molar-refractivity contribution in [1.29, 1.82) is 0 Å².